The van der Waals surface area contributed by atoms with Crippen molar-refractivity contribution < 1.29 is 0 Å². The van der Waals surface area contributed by atoms with Gasteiger partial charge in [0.15, 0.2) is 5.82 Å². The van der Waals surface area contributed by atoms with Crippen LogP contribution in [-0.2, 0) is 0 Å². The van der Waals surface area contributed by atoms with Crippen molar-refractivity contribution in [2.24, 2.45) is 5.73 Å². The third kappa shape index (κ3) is 3.32. The van der Waals surface area contributed by atoms with Gasteiger partial charge in [0.1, 0.15) is 0 Å². The number of nitrogens with two attached hydrogens (primary N) is 1. The van der Waals surface area contributed by atoms with E-state index < -0.39 is 0 Å². The number of benzene rings is 1. The molecule has 2 rings (SSSR count). The lowest BCUT2D eigenvalue weighted by Gasteiger charge is -2.25. The Labute approximate surface area is 119 Å². The molecule has 2 aromatic rings. The number of hydrogen-bond acceptors (Lipinski definition) is 4. The Morgan fingerprint density at radius 2 is 1.95 bits per heavy atom. The Kier molecular flexibility index (Phi) is 4.30. The van der Waals surface area contributed by atoms with Crippen molar-refractivity contribution in [2.75, 3.05) is 11.4 Å². The molecule has 0 saturated heterocycles. The minimum Gasteiger partial charge on any atom is -0.388 e. The van der Waals surface area contributed by atoms with E-state index in [-0.39, 0.29) is 5.84 Å². The average Bonchev–Trinajstić information content (AvgIpc) is 2.43. The molecule has 0 aliphatic carbocycles. The molecule has 1 heterocycles. The van der Waals surface area contributed by atoms with E-state index >= 15 is 0 Å². The van der Waals surface area contributed by atoms with Crippen LogP contribution < -0.4 is 10.6 Å². The minimum atomic E-state index is 0.171. The quantitative estimate of drug-likeness (QED) is 0.646. The Balaban J connectivity index is 2.40. The Morgan fingerprint density at radius 3 is 2.60 bits per heavy atom. The van der Waals surface area contributed by atoms with Gasteiger partial charge in [-0.15, -0.1) is 0 Å². The number of nitrogens with one attached hydrogen (secondary N) is 1. The monoisotopic (exact) mass is 269 g/mol. The van der Waals surface area contributed by atoms with Gasteiger partial charge in [-0.25, -0.2) is 4.98 Å². The van der Waals surface area contributed by atoms with Crippen molar-refractivity contribution in [3.8, 4) is 0 Å². The number of anilines is 2. The zero-order chi connectivity index (χ0) is 14.5. The SMILES string of the molecule is Cc1cnc(C)c(N(CCC(=N)N)c2ccccc2)n1. The highest BCUT2D eigenvalue weighted by Gasteiger charge is 2.14. The molecule has 0 saturated carbocycles. The van der Waals surface area contributed by atoms with Crippen LogP contribution in [0.2, 0.25) is 0 Å². The lowest BCUT2D eigenvalue weighted by Crippen LogP contribution is -2.25. The normalized spacial score (nSPS) is 10.3. The second-order valence-electron chi connectivity index (χ2n) is 4.68. The molecule has 3 N–H and O–H groups in total. The summed E-state index contributed by atoms with van der Waals surface area (Å²) in [4.78, 5) is 11.0. The third-order valence-electron chi connectivity index (χ3n) is 2.98. The Hall–Kier alpha value is -2.43. The molecule has 0 aliphatic heterocycles. The molecule has 0 spiro atoms. The molecular formula is C15H19N5. The Bertz CT molecular complexity index is 594. The van der Waals surface area contributed by atoms with E-state index in [1.54, 1.807) is 6.20 Å². The van der Waals surface area contributed by atoms with Gasteiger partial charge < -0.3 is 10.6 Å². The number of para-hydroxylation sites is 1. The largest absolute Gasteiger partial charge is 0.388 e. The molecule has 0 atom stereocenters. The minimum absolute atomic E-state index is 0.171. The fraction of sp³-hybridized carbons (Fsp3) is 0.267. The van der Waals surface area contributed by atoms with Crippen LogP contribution in [0.1, 0.15) is 17.8 Å². The van der Waals surface area contributed by atoms with E-state index in [1.165, 1.54) is 0 Å². The van der Waals surface area contributed by atoms with E-state index in [0.29, 0.717) is 13.0 Å². The fourth-order valence-corrected chi connectivity index (χ4v) is 1.98. The molecule has 104 valence electrons. The Morgan fingerprint density at radius 1 is 1.25 bits per heavy atom. The van der Waals surface area contributed by atoms with Crippen molar-refractivity contribution in [1.82, 2.24) is 9.97 Å². The maximum absolute atomic E-state index is 7.42. The molecule has 1 aromatic carbocycles. The van der Waals surface area contributed by atoms with Crippen molar-refractivity contribution in [2.45, 2.75) is 20.3 Å². The lowest BCUT2D eigenvalue weighted by atomic mass is 10.2. The zero-order valence-electron chi connectivity index (χ0n) is 11.8. The van der Waals surface area contributed by atoms with Gasteiger partial charge in [0.2, 0.25) is 0 Å². The molecule has 0 radical (unpaired) electrons. The van der Waals surface area contributed by atoms with E-state index in [2.05, 4.69) is 14.9 Å². The molecule has 0 unspecified atom stereocenters. The summed E-state index contributed by atoms with van der Waals surface area (Å²) < 4.78 is 0. The zero-order valence-corrected chi connectivity index (χ0v) is 11.8. The van der Waals surface area contributed by atoms with Crippen molar-refractivity contribution in [3.05, 3.63) is 47.9 Å². The van der Waals surface area contributed by atoms with Crippen LogP contribution in [0.15, 0.2) is 36.5 Å². The van der Waals surface area contributed by atoms with Gasteiger partial charge in [-0.05, 0) is 26.0 Å². The van der Waals surface area contributed by atoms with Crippen LogP contribution >= 0.6 is 0 Å². The maximum atomic E-state index is 7.42. The molecule has 20 heavy (non-hydrogen) atoms. The first-order valence-electron chi connectivity index (χ1n) is 6.53. The molecule has 5 nitrogen and oxygen atoms in total. The van der Waals surface area contributed by atoms with Gasteiger partial charge in [0.25, 0.3) is 0 Å². The molecule has 0 bridgehead atoms. The number of amidine groups is 1. The first-order chi connectivity index (χ1) is 9.58. The topological polar surface area (TPSA) is 78.9 Å². The molecule has 5 heteroatoms. The fourth-order valence-electron chi connectivity index (χ4n) is 1.98. The van der Waals surface area contributed by atoms with Gasteiger partial charge in [0.05, 0.1) is 17.2 Å². The van der Waals surface area contributed by atoms with Crippen LogP contribution in [0, 0.1) is 19.3 Å². The molecule has 0 aliphatic rings. The summed E-state index contributed by atoms with van der Waals surface area (Å²) >= 11 is 0. The van der Waals surface area contributed by atoms with E-state index in [9.17, 15) is 0 Å². The first kappa shape index (κ1) is 14.0. The molecule has 1 aromatic heterocycles. The van der Waals surface area contributed by atoms with E-state index in [1.807, 2.05) is 44.2 Å². The van der Waals surface area contributed by atoms with Gasteiger partial charge in [-0.1, -0.05) is 18.2 Å². The highest BCUT2D eigenvalue weighted by molar-refractivity contribution is 5.78. The number of aryl methyl sites for hydroxylation is 2. The maximum Gasteiger partial charge on any atom is 0.154 e. The summed E-state index contributed by atoms with van der Waals surface area (Å²) in [5.74, 6) is 0.988. The highest BCUT2D eigenvalue weighted by Crippen LogP contribution is 2.25. The van der Waals surface area contributed by atoms with Gasteiger partial charge in [0, 0.05) is 24.8 Å². The van der Waals surface area contributed by atoms with Crippen LogP contribution in [0.25, 0.3) is 0 Å². The van der Waals surface area contributed by atoms with Crippen LogP contribution in [0.3, 0.4) is 0 Å². The van der Waals surface area contributed by atoms with Crippen LogP contribution in [0.4, 0.5) is 11.5 Å². The van der Waals surface area contributed by atoms with Crippen molar-refractivity contribution >= 4 is 17.3 Å². The number of nitrogens with zero attached hydrogens (tertiary/aromatic N) is 3. The van der Waals surface area contributed by atoms with Gasteiger partial charge in [-0.2, -0.15) is 0 Å². The second kappa shape index (κ2) is 6.14. The number of rotatable bonds is 5. The standard InChI is InChI=1S/C15H19N5/c1-11-10-18-12(2)15(19-11)20(9-8-14(16)17)13-6-4-3-5-7-13/h3-7,10H,8-9H2,1-2H3,(H3,16,17). The van der Waals surface area contributed by atoms with Crippen molar-refractivity contribution in [1.29, 1.82) is 5.41 Å². The molecule has 0 fully saturated rings. The summed E-state index contributed by atoms with van der Waals surface area (Å²) in [6, 6.07) is 9.97. The molecular weight excluding hydrogens is 250 g/mol. The van der Waals surface area contributed by atoms with E-state index in [4.69, 9.17) is 11.1 Å². The number of aromatic nitrogens is 2. The predicted molar refractivity (Wildman–Crippen MR) is 81.5 cm³/mol. The van der Waals surface area contributed by atoms with E-state index in [0.717, 1.165) is 22.9 Å². The van der Waals surface area contributed by atoms with Gasteiger partial charge in [-0.3, -0.25) is 10.4 Å². The lowest BCUT2D eigenvalue weighted by molar-refractivity contribution is 0.902. The summed E-state index contributed by atoms with van der Waals surface area (Å²) in [7, 11) is 0. The third-order valence-corrected chi connectivity index (χ3v) is 2.98. The summed E-state index contributed by atoms with van der Waals surface area (Å²) in [5.41, 5.74) is 8.24. The number of hydrogen-bond donors (Lipinski definition) is 2. The predicted octanol–water partition coefficient (Wildman–Crippen LogP) is 2.56. The van der Waals surface area contributed by atoms with Gasteiger partial charge >= 0.3 is 0 Å². The average molecular weight is 269 g/mol. The van der Waals surface area contributed by atoms with Crippen LogP contribution in [-0.4, -0.2) is 22.3 Å². The second-order valence-corrected chi connectivity index (χ2v) is 4.68. The summed E-state index contributed by atoms with van der Waals surface area (Å²) in [6.45, 7) is 4.47. The summed E-state index contributed by atoms with van der Waals surface area (Å²) in [6.07, 6.45) is 2.25. The van der Waals surface area contributed by atoms with Crippen LogP contribution in [0.5, 0.6) is 0 Å². The smallest absolute Gasteiger partial charge is 0.154 e. The molecule has 0 amide bonds. The highest BCUT2D eigenvalue weighted by atomic mass is 15.2. The van der Waals surface area contributed by atoms with Crippen molar-refractivity contribution in [3.63, 3.8) is 0 Å². The summed E-state index contributed by atoms with van der Waals surface area (Å²) in [5, 5.41) is 7.42. The first-order valence-corrected chi connectivity index (χ1v) is 6.53.